The number of sulfone groups is 1. The molecule has 0 radical (unpaired) electrons. The summed E-state index contributed by atoms with van der Waals surface area (Å²) in [5.41, 5.74) is 1.12. The van der Waals surface area contributed by atoms with E-state index in [0.717, 1.165) is 0 Å². The van der Waals surface area contributed by atoms with Gasteiger partial charge >= 0.3 is 0 Å². The first kappa shape index (κ1) is 18.7. The van der Waals surface area contributed by atoms with Crippen LogP contribution in [0.4, 0.5) is 0 Å². The van der Waals surface area contributed by atoms with Crippen LogP contribution in [0.3, 0.4) is 0 Å². The van der Waals surface area contributed by atoms with Gasteiger partial charge in [0.15, 0.2) is 9.84 Å². The van der Waals surface area contributed by atoms with Crippen molar-refractivity contribution < 1.29 is 17.9 Å². The standard InChI is InChI=1S/C19H20ClNO4S/c1-25-15-8-6-14(7-9-15)19(22)21-11-10-18(26(23,24)13-12-21)16-4-2-3-5-17(16)20/h2-9,18H,10-13H2,1H3. The molecule has 0 spiro atoms. The summed E-state index contributed by atoms with van der Waals surface area (Å²) in [6.45, 7) is 0.536. The molecule has 1 atom stereocenters. The average molecular weight is 394 g/mol. The van der Waals surface area contributed by atoms with Crippen LogP contribution in [-0.4, -0.2) is 45.2 Å². The van der Waals surface area contributed by atoms with E-state index < -0.39 is 15.1 Å². The van der Waals surface area contributed by atoms with Crippen molar-refractivity contribution in [1.29, 1.82) is 0 Å². The van der Waals surface area contributed by atoms with Crippen LogP contribution in [0, 0.1) is 0 Å². The first-order valence-electron chi connectivity index (χ1n) is 8.31. The minimum Gasteiger partial charge on any atom is -0.497 e. The van der Waals surface area contributed by atoms with Crippen molar-refractivity contribution in [1.82, 2.24) is 4.90 Å². The molecular weight excluding hydrogens is 374 g/mol. The van der Waals surface area contributed by atoms with E-state index in [-0.39, 0.29) is 18.2 Å². The lowest BCUT2D eigenvalue weighted by atomic mass is 10.1. The van der Waals surface area contributed by atoms with Crippen molar-refractivity contribution in [2.24, 2.45) is 0 Å². The van der Waals surface area contributed by atoms with E-state index in [2.05, 4.69) is 0 Å². The SMILES string of the molecule is COc1ccc(C(=O)N2CCC(c3ccccc3Cl)S(=O)(=O)CC2)cc1. The van der Waals surface area contributed by atoms with Crippen LogP contribution in [0.1, 0.15) is 27.6 Å². The van der Waals surface area contributed by atoms with Crippen LogP contribution >= 0.6 is 11.6 Å². The van der Waals surface area contributed by atoms with Gasteiger partial charge in [0.1, 0.15) is 5.75 Å². The molecular formula is C19H20ClNO4S. The fourth-order valence-electron chi connectivity index (χ4n) is 3.15. The van der Waals surface area contributed by atoms with Crippen molar-refractivity contribution in [3.8, 4) is 5.75 Å². The number of halogens is 1. The largest absolute Gasteiger partial charge is 0.497 e. The summed E-state index contributed by atoms with van der Waals surface area (Å²) < 4.78 is 30.6. The van der Waals surface area contributed by atoms with Crippen LogP contribution in [0.2, 0.25) is 5.02 Å². The Labute approximate surface area is 158 Å². The molecule has 1 amide bonds. The number of nitrogens with zero attached hydrogens (tertiary/aromatic N) is 1. The highest BCUT2D eigenvalue weighted by molar-refractivity contribution is 7.91. The normalized spacial score (nSPS) is 19.6. The molecule has 0 saturated carbocycles. The summed E-state index contributed by atoms with van der Waals surface area (Å²) in [4.78, 5) is 14.3. The van der Waals surface area contributed by atoms with Gasteiger partial charge in [-0.05, 0) is 42.3 Å². The zero-order valence-electron chi connectivity index (χ0n) is 14.4. The second kappa shape index (κ2) is 7.68. The summed E-state index contributed by atoms with van der Waals surface area (Å²) in [7, 11) is -1.83. The minimum absolute atomic E-state index is 0.0786. The predicted molar refractivity (Wildman–Crippen MR) is 101 cm³/mol. The van der Waals surface area contributed by atoms with E-state index in [0.29, 0.717) is 34.9 Å². The summed E-state index contributed by atoms with van der Waals surface area (Å²) in [6, 6.07) is 13.8. The number of rotatable bonds is 3. The van der Waals surface area contributed by atoms with Crippen LogP contribution in [-0.2, 0) is 9.84 Å². The molecule has 1 fully saturated rings. The third-order valence-corrected chi connectivity index (χ3v) is 7.07. The van der Waals surface area contributed by atoms with Gasteiger partial charge in [0.2, 0.25) is 0 Å². The van der Waals surface area contributed by atoms with Crippen LogP contribution in [0.25, 0.3) is 0 Å². The van der Waals surface area contributed by atoms with Gasteiger partial charge in [0, 0.05) is 23.7 Å². The topological polar surface area (TPSA) is 63.7 Å². The van der Waals surface area contributed by atoms with E-state index in [4.69, 9.17) is 16.3 Å². The second-order valence-electron chi connectivity index (χ2n) is 6.19. The van der Waals surface area contributed by atoms with Crippen LogP contribution in [0.5, 0.6) is 5.75 Å². The van der Waals surface area contributed by atoms with E-state index in [1.54, 1.807) is 60.5 Å². The van der Waals surface area contributed by atoms with Gasteiger partial charge in [0.25, 0.3) is 5.91 Å². The van der Waals surface area contributed by atoms with Gasteiger partial charge in [-0.2, -0.15) is 0 Å². The number of hydrogen-bond donors (Lipinski definition) is 0. The van der Waals surface area contributed by atoms with Crippen molar-refractivity contribution in [3.05, 3.63) is 64.7 Å². The summed E-state index contributed by atoms with van der Waals surface area (Å²) in [5, 5.41) is -0.249. The molecule has 1 unspecified atom stereocenters. The van der Waals surface area contributed by atoms with E-state index >= 15 is 0 Å². The van der Waals surface area contributed by atoms with Gasteiger partial charge in [-0.25, -0.2) is 8.42 Å². The smallest absolute Gasteiger partial charge is 0.253 e. The fraction of sp³-hybridized carbons (Fsp3) is 0.316. The molecule has 1 saturated heterocycles. The number of carbonyl (C=O) groups excluding carboxylic acids is 1. The molecule has 0 aromatic heterocycles. The molecule has 5 nitrogen and oxygen atoms in total. The zero-order chi connectivity index (χ0) is 18.7. The van der Waals surface area contributed by atoms with E-state index in [1.165, 1.54) is 0 Å². The zero-order valence-corrected chi connectivity index (χ0v) is 16.0. The third-order valence-electron chi connectivity index (χ3n) is 4.62. The van der Waals surface area contributed by atoms with Crippen LogP contribution < -0.4 is 4.74 Å². The third kappa shape index (κ3) is 3.86. The van der Waals surface area contributed by atoms with Gasteiger partial charge in [-0.15, -0.1) is 0 Å². The molecule has 0 aliphatic carbocycles. The lowest BCUT2D eigenvalue weighted by Crippen LogP contribution is -2.33. The molecule has 3 rings (SSSR count). The molecule has 1 aliphatic rings. The van der Waals surface area contributed by atoms with Crippen molar-refractivity contribution in [2.75, 3.05) is 26.0 Å². The Hall–Kier alpha value is -2.05. The Balaban J connectivity index is 1.82. The Bertz CT molecular complexity index is 896. The van der Waals surface area contributed by atoms with Gasteiger partial charge in [-0.1, -0.05) is 29.8 Å². The average Bonchev–Trinajstić information content (AvgIpc) is 2.80. The predicted octanol–water partition coefficient (Wildman–Crippen LogP) is 3.35. The maximum atomic E-state index is 12.7. The highest BCUT2D eigenvalue weighted by Gasteiger charge is 2.33. The molecule has 0 N–H and O–H groups in total. The molecule has 2 aromatic rings. The number of ether oxygens (including phenoxy) is 1. The molecule has 2 aromatic carbocycles. The quantitative estimate of drug-likeness (QED) is 0.802. The first-order valence-corrected chi connectivity index (χ1v) is 10.4. The number of benzene rings is 2. The molecule has 1 heterocycles. The van der Waals surface area contributed by atoms with Crippen molar-refractivity contribution in [3.63, 3.8) is 0 Å². The second-order valence-corrected chi connectivity index (χ2v) is 8.90. The number of carbonyl (C=O) groups is 1. The summed E-state index contributed by atoms with van der Waals surface area (Å²) in [5.74, 6) is 0.409. The van der Waals surface area contributed by atoms with Crippen LogP contribution in [0.15, 0.2) is 48.5 Å². The lowest BCUT2D eigenvalue weighted by Gasteiger charge is -2.20. The maximum Gasteiger partial charge on any atom is 0.253 e. The molecule has 138 valence electrons. The Morgan fingerprint density at radius 1 is 1.12 bits per heavy atom. The minimum atomic E-state index is -3.39. The maximum absolute atomic E-state index is 12.7. The Morgan fingerprint density at radius 3 is 2.46 bits per heavy atom. The van der Waals surface area contributed by atoms with Gasteiger partial charge in [-0.3, -0.25) is 4.79 Å². The van der Waals surface area contributed by atoms with E-state index in [1.807, 2.05) is 0 Å². The summed E-state index contributed by atoms with van der Waals surface area (Å²) >= 11 is 6.20. The van der Waals surface area contributed by atoms with Crippen molar-refractivity contribution in [2.45, 2.75) is 11.7 Å². The monoisotopic (exact) mass is 393 g/mol. The van der Waals surface area contributed by atoms with Gasteiger partial charge < -0.3 is 9.64 Å². The number of amides is 1. The fourth-order valence-corrected chi connectivity index (χ4v) is 5.30. The van der Waals surface area contributed by atoms with E-state index in [9.17, 15) is 13.2 Å². The highest BCUT2D eigenvalue weighted by atomic mass is 35.5. The van der Waals surface area contributed by atoms with Crippen molar-refractivity contribution >= 4 is 27.3 Å². The number of methoxy groups -OCH3 is 1. The first-order chi connectivity index (χ1) is 12.4. The molecule has 0 bridgehead atoms. The lowest BCUT2D eigenvalue weighted by molar-refractivity contribution is 0.0766. The number of hydrogen-bond acceptors (Lipinski definition) is 4. The summed E-state index contributed by atoms with van der Waals surface area (Å²) in [6.07, 6.45) is 0.327. The van der Waals surface area contributed by atoms with Gasteiger partial charge in [0.05, 0.1) is 18.1 Å². The molecule has 26 heavy (non-hydrogen) atoms. The Kier molecular flexibility index (Phi) is 5.53. The Morgan fingerprint density at radius 2 is 1.81 bits per heavy atom. The molecule has 7 heteroatoms. The molecule has 1 aliphatic heterocycles. The highest BCUT2D eigenvalue weighted by Crippen LogP contribution is 2.34.